The molecular formula is C22H18N4O. The van der Waals surface area contributed by atoms with Crippen LogP contribution in [0.25, 0.3) is 10.8 Å². The Balaban J connectivity index is 1.61. The molecule has 132 valence electrons. The smallest absolute Gasteiger partial charge is 0.274 e. The summed E-state index contributed by atoms with van der Waals surface area (Å²) >= 11 is 0. The molecule has 0 saturated heterocycles. The van der Waals surface area contributed by atoms with E-state index in [4.69, 9.17) is 0 Å². The van der Waals surface area contributed by atoms with Gasteiger partial charge in [-0.3, -0.25) is 9.78 Å². The molecule has 5 nitrogen and oxygen atoms in total. The molecule has 3 heterocycles. The van der Waals surface area contributed by atoms with Crippen LogP contribution in [0.2, 0.25) is 0 Å². The molecule has 0 bridgehead atoms. The van der Waals surface area contributed by atoms with Gasteiger partial charge in [0.25, 0.3) is 5.91 Å². The number of imidazole rings is 1. The highest BCUT2D eigenvalue weighted by Crippen LogP contribution is 2.31. The first kappa shape index (κ1) is 15.8. The zero-order valence-corrected chi connectivity index (χ0v) is 14.7. The van der Waals surface area contributed by atoms with E-state index in [9.17, 15) is 4.79 Å². The van der Waals surface area contributed by atoms with E-state index in [1.54, 1.807) is 12.4 Å². The minimum absolute atomic E-state index is 0.0545. The van der Waals surface area contributed by atoms with Gasteiger partial charge in [0.1, 0.15) is 11.5 Å². The number of hydrogen-bond donors (Lipinski definition) is 0. The van der Waals surface area contributed by atoms with Crippen molar-refractivity contribution in [3.8, 4) is 0 Å². The number of carbonyl (C=O) groups is 1. The van der Waals surface area contributed by atoms with Crippen LogP contribution in [0.15, 0.2) is 79.3 Å². The molecule has 0 unspecified atom stereocenters. The van der Waals surface area contributed by atoms with E-state index >= 15 is 0 Å². The molecule has 0 radical (unpaired) electrons. The standard InChI is InChI=1S/C22H18N4O/c27-22(21-18-9-5-4-6-16(18)10-11-24-21)26-15-20-23-12-13-25(20)14-19(26)17-7-2-1-3-8-17/h1-13,19H,14-15H2/t19-/m0/s1. The maximum Gasteiger partial charge on any atom is 0.274 e. The monoisotopic (exact) mass is 354 g/mol. The first-order chi connectivity index (χ1) is 13.3. The number of benzene rings is 2. The first-order valence-electron chi connectivity index (χ1n) is 9.01. The molecule has 2 aromatic carbocycles. The second-order valence-electron chi connectivity index (χ2n) is 6.74. The van der Waals surface area contributed by atoms with Gasteiger partial charge < -0.3 is 9.47 Å². The Morgan fingerprint density at radius 3 is 2.63 bits per heavy atom. The summed E-state index contributed by atoms with van der Waals surface area (Å²) in [5.41, 5.74) is 1.61. The van der Waals surface area contributed by atoms with E-state index in [-0.39, 0.29) is 11.9 Å². The third-order valence-electron chi connectivity index (χ3n) is 5.18. The number of carbonyl (C=O) groups excluding carboxylic acids is 1. The summed E-state index contributed by atoms with van der Waals surface area (Å²) in [6.07, 6.45) is 5.47. The molecule has 1 atom stereocenters. The summed E-state index contributed by atoms with van der Waals surface area (Å²) in [5, 5.41) is 1.90. The zero-order chi connectivity index (χ0) is 18.2. The summed E-state index contributed by atoms with van der Waals surface area (Å²) in [4.78, 5) is 24.3. The maximum absolute atomic E-state index is 13.6. The maximum atomic E-state index is 13.6. The predicted octanol–water partition coefficient (Wildman–Crippen LogP) is 3.83. The molecule has 0 fully saturated rings. The highest BCUT2D eigenvalue weighted by Gasteiger charge is 2.33. The highest BCUT2D eigenvalue weighted by molar-refractivity contribution is 6.05. The topological polar surface area (TPSA) is 51.0 Å². The van der Waals surface area contributed by atoms with Gasteiger partial charge in [-0.15, -0.1) is 0 Å². The lowest BCUT2D eigenvalue weighted by atomic mass is 10.0. The van der Waals surface area contributed by atoms with E-state index in [1.165, 1.54) is 0 Å². The Morgan fingerprint density at radius 1 is 0.926 bits per heavy atom. The Hall–Kier alpha value is -3.47. The molecule has 1 aliphatic rings. The molecule has 2 aromatic heterocycles. The largest absolute Gasteiger partial charge is 0.331 e. The summed E-state index contributed by atoms with van der Waals surface area (Å²) < 4.78 is 2.12. The molecule has 1 amide bonds. The lowest BCUT2D eigenvalue weighted by Gasteiger charge is -2.36. The van der Waals surface area contributed by atoms with Crippen LogP contribution in [0.1, 0.15) is 27.9 Å². The Labute approximate surface area is 156 Å². The van der Waals surface area contributed by atoms with Crippen molar-refractivity contribution in [2.45, 2.75) is 19.1 Å². The van der Waals surface area contributed by atoms with Crippen LogP contribution in [-0.2, 0) is 13.1 Å². The quantitative estimate of drug-likeness (QED) is 0.550. The second-order valence-corrected chi connectivity index (χ2v) is 6.74. The number of rotatable bonds is 2. The minimum Gasteiger partial charge on any atom is -0.331 e. The lowest BCUT2D eigenvalue weighted by Crippen LogP contribution is -2.41. The van der Waals surface area contributed by atoms with Crippen LogP contribution < -0.4 is 0 Å². The first-order valence-corrected chi connectivity index (χ1v) is 9.01. The molecule has 0 saturated carbocycles. The minimum atomic E-state index is -0.0603. The molecule has 0 aliphatic carbocycles. The summed E-state index contributed by atoms with van der Waals surface area (Å²) in [7, 11) is 0. The summed E-state index contributed by atoms with van der Waals surface area (Å²) in [6.45, 7) is 1.16. The van der Waals surface area contributed by atoms with Crippen molar-refractivity contribution in [1.82, 2.24) is 19.4 Å². The summed E-state index contributed by atoms with van der Waals surface area (Å²) in [6, 6.07) is 19.9. The van der Waals surface area contributed by atoms with E-state index < -0.39 is 0 Å². The molecule has 5 heteroatoms. The van der Waals surface area contributed by atoms with Gasteiger partial charge >= 0.3 is 0 Å². The van der Waals surface area contributed by atoms with Gasteiger partial charge in [-0.05, 0) is 17.0 Å². The number of nitrogens with zero attached hydrogens (tertiary/aromatic N) is 4. The van der Waals surface area contributed by atoms with Gasteiger partial charge in [0.05, 0.1) is 12.6 Å². The normalized spacial score (nSPS) is 16.3. The molecule has 0 N–H and O–H groups in total. The Kier molecular flexibility index (Phi) is 3.71. The fourth-order valence-electron chi connectivity index (χ4n) is 3.81. The van der Waals surface area contributed by atoms with Gasteiger partial charge in [-0.1, -0.05) is 54.6 Å². The van der Waals surface area contributed by atoms with Crippen molar-refractivity contribution in [3.63, 3.8) is 0 Å². The fourth-order valence-corrected chi connectivity index (χ4v) is 3.81. The Bertz CT molecular complexity index is 1110. The SMILES string of the molecule is O=C(c1nccc2ccccc12)N1Cc2nccn2C[C@H]1c1ccccc1. The molecule has 1 aliphatic heterocycles. The molecule has 27 heavy (non-hydrogen) atoms. The van der Waals surface area contributed by atoms with Gasteiger partial charge in [0.15, 0.2) is 0 Å². The predicted molar refractivity (Wildman–Crippen MR) is 103 cm³/mol. The zero-order valence-electron chi connectivity index (χ0n) is 14.7. The fraction of sp³-hybridized carbons (Fsp3) is 0.136. The van der Waals surface area contributed by atoms with E-state index in [0.29, 0.717) is 18.8 Å². The number of amides is 1. The van der Waals surface area contributed by atoms with E-state index in [0.717, 1.165) is 22.2 Å². The van der Waals surface area contributed by atoms with Crippen LogP contribution in [0.5, 0.6) is 0 Å². The van der Waals surface area contributed by atoms with Gasteiger partial charge in [0, 0.05) is 30.5 Å². The molecular weight excluding hydrogens is 336 g/mol. The average molecular weight is 354 g/mol. The van der Waals surface area contributed by atoms with Crippen molar-refractivity contribution in [2.24, 2.45) is 0 Å². The second kappa shape index (κ2) is 6.36. The average Bonchev–Trinajstić information content (AvgIpc) is 3.20. The summed E-state index contributed by atoms with van der Waals surface area (Å²) in [5.74, 6) is 0.839. The third kappa shape index (κ3) is 2.68. The number of pyridine rings is 1. The van der Waals surface area contributed by atoms with Crippen LogP contribution >= 0.6 is 0 Å². The molecule has 0 spiro atoms. The van der Waals surface area contributed by atoms with Crippen molar-refractivity contribution in [2.75, 3.05) is 0 Å². The number of hydrogen-bond acceptors (Lipinski definition) is 3. The number of fused-ring (bicyclic) bond motifs is 2. The van der Waals surface area contributed by atoms with E-state index in [1.807, 2.05) is 59.6 Å². The van der Waals surface area contributed by atoms with Gasteiger partial charge in [-0.25, -0.2) is 4.98 Å². The number of aromatic nitrogens is 3. The van der Waals surface area contributed by atoms with Crippen LogP contribution in [0, 0.1) is 0 Å². The van der Waals surface area contributed by atoms with Gasteiger partial charge in [-0.2, -0.15) is 0 Å². The lowest BCUT2D eigenvalue weighted by molar-refractivity contribution is 0.0580. The van der Waals surface area contributed by atoms with Crippen LogP contribution in [-0.4, -0.2) is 25.3 Å². The van der Waals surface area contributed by atoms with Crippen molar-refractivity contribution >= 4 is 16.7 Å². The van der Waals surface area contributed by atoms with Crippen LogP contribution in [0.3, 0.4) is 0 Å². The van der Waals surface area contributed by atoms with Crippen molar-refractivity contribution in [1.29, 1.82) is 0 Å². The third-order valence-corrected chi connectivity index (χ3v) is 5.18. The van der Waals surface area contributed by atoms with Crippen molar-refractivity contribution < 1.29 is 4.79 Å². The molecule has 5 rings (SSSR count). The van der Waals surface area contributed by atoms with Crippen molar-refractivity contribution in [3.05, 3.63) is 96.3 Å². The van der Waals surface area contributed by atoms with Crippen LogP contribution in [0.4, 0.5) is 0 Å². The van der Waals surface area contributed by atoms with E-state index in [2.05, 4.69) is 26.7 Å². The Morgan fingerprint density at radius 2 is 1.74 bits per heavy atom. The van der Waals surface area contributed by atoms with Gasteiger partial charge in [0.2, 0.25) is 0 Å². The molecule has 4 aromatic rings. The highest BCUT2D eigenvalue weighted by atomic mass is 16.2.